The van der Waals surface area contributed by atoms with Crippen LogP contribution in [0.3, 0.4) is 0 Å². The van der Waals surface area contributed by atoms with Crippen molar-refractivity contribution >= 4 is 0 Å². The molecule has 72 valence electrons. The van der Waals surface area contributed by atoms with E-state index in [1.165, 1.54) is 6.42 Å². The van der Waals surface area contributed by atoms with Crippen LogP contribution in [-0.2, 0) is 0 Å². The third kappa shape index (κ3) is 2.20. The van der Waals surface area contributed by atoms with Gasteiger partial charge in [0.2, 0.25) is 0 Å². The smallest absolute Gasteiger partial charge is 0.0797 e. The first-order valence-electron chi connectivity index (χ1n) is 5.17. The van der Waals surface area contributed by atoms with Crippen LogP contribution in [0.15, 0.2) is 0 Å². The summed E-state index contributed by atoms with van der Waals surface area (Å²) in [6.07, 6.45) is 7.41. The standard InChI is InChI=1S/C10H21NO/c1-2-6-9(11)10(12)7-4-3-5-8-10/h9,12H,2-8,11H2,1H3. The summed E-state index contributed by atoms with van der Waals surface area (Å²) in [5, 5.41) is 10.1. The van der Waals surface area contributed by atoms with Gasteiger partial charge in [-0.05, 0) is 19.3 Å². The first kappa shape index (κ1) is 10.0. The summed E-state index contributed by atoms with van der Waals surface area (Å²) >= 11 is 0. The van der Waals surface area contributed by atoms with Crippen LogP contribution >= 0.6 is 0 Å². The third-order valence-electron chi connectivity index (χ3n) is 3.01. The van der Waals surface area contributed by atoms with Crippen LogP contribution < -0.4 is 5.73 Å². The second-order valence-electron chi connectivity index (χ2n) is 4.06. The zero-order valence-electron chi connectivity index (χ0n) is 8.05. The Morgan fingerprint density at radius 1 is 1.33 bits per heavy atom. The lowest BCUT2D eigenvalue weighted by Gasteiger charge is -2.37. The molecule has 0 bridgehead atoms. The van der Waals surface area contributed by atoms with E-state index in [4.69, 9.17) is 5.73 Å². The molecule has 0 aliphatic heterocycles. The molecule has 1 rings (SSSR count). The molecule has 0 aromatic rings. The highest BCUT2D eigenvalue weighted by Gasteiger charge is 2.34. The molecule has 2 nitrogen and oxygen atoms in total. The van der Waals surface area contributed by atoms with Crippen LogP contribution in [-0.4, -0.2) is 16.7 Å². The van der Waals surface area contributed by atoms with Crippen molar-refractivity contribution < 1.29 is 5.11 Å². The second kappa shape index (κ2) is 4.24. The summed E-state index contributed by atoms with van der Waals surface area (Å²) in [5.41, 5.74) is 5.41. The van der Waals surface area contributed by atoms with Gasteiger partial charge in [0.25, 0.3) is 0 Å². The molecular weight excluding hydrogens is 150 g/mol. The van der Waals surface area contributed by atoms with E-state index in [2.05, 4.69) is 6.92 Å². The molecule has 0 spiro atoms. The van der Waals surface area contributed by atoms with Crippen molar-refractivity contribution in [3.63, 3.8) is 0 Å². The van der Waals surface area contributed by atoms with Crippen molar-refractivity contribution in [2.45, 2.75) is 63.5 Å². The minimum atomic E-state index is -0.533. The molecule has 1 aliphatic rings. The highest BCUT2D eigenvalue weighted by molar-refractivity contribution is 4.91. The number of aliphatic hydroxyl groups is 1. The minimum Gasteiger partial charge on any atom is -0.388 e. The lowest BCUT2D eigenvalue weighted by molar-refractivity contribution is -0.0216. The summed E-state index contributed by atoms with van der Waals surface area (Å²) in [6.45, 7) is 2.12. The van der Waals surface area contributed by atoms with E-state index in [-0.39, 0.29) is 6.04 Å². The molecule has 0 aromatic carbocycles. The number of nitrogens with two attached hydrogens (primary N) is 1. The van der Waals surface area contributed by atoms with Crippen molar-refractivity contribution in [2.24, 2.45) is 5.73 Å². The van der Waals surface area contributed by atoms with Crippen molar-refractivity contribution in [1.82, 2.24) is 0 Å². The van der Waals surface area contributed by atoms with E-state index in [0.29, 0.717) is 0 Å². The highest BCUT2D eigenvalue weighted by atomic mass is 16.3. The Hall–Kier alpha value is -0.0800. The Kier molecular flexibility index (Phi) is 3.53. The number of rotatable bonds is 3. The maximum Gasteiger partial charge on any atom is 0.0797 e. The summed E-state index contributed by atoms with van der Waals surface area (Å²) in [5.74, 6) is 0. The van der Waals surface area contributed by atoms with Crippen LogP contribution in [0.25, 0.3) is 0 Å². The zero-order valence-corrected chi connectivity index (χ0v) is 8.05. The zero-order chi connectivity index (χ0) is 9.03. The third-order valence-corrected chi connectivity index (χ3v) is 3.01. The van der Waals surface area contributed by atoms with Gasteiger partial charge < -0.3 is 10.8 Å². The van der Waals surface area contributed by atoms with E-state index in [0.717, 1.165) is 38.5 Å². The molecule has 0 heterocycles. The molecule has 0 amide bonds. The van der Waals surface area contributed by atoms with Gasteiger partial charge in [-0.25, -0.2) is 0 Å². The first-order valence-corrected chi connectivity index (χ1v) is 5.17. The van der Waals surface area contributed by atoms with E-state index in [1.807, 2.05) is 0 Å². The van der Waals surface area contributed by atoms with Crippen LogP contribution in [0.1, 0.15) is 51.9 Å². The fraction of sp³-hybridized carbons (Fsp3) is 1.00. The minimum absolute atomic E-state index is 0.00259. The van der Waals surface area contributed by atoms with Gasteiger partial charge in [0.05, 0.1) is 5.60 Å². The molecule has 3 N–H and O–H groups in total. The lowest BCUT2D eigenvalue weighted by atomic mass is 9.78. The average Bonchev–Trinajstić information content (AvgIpc) is 2.06. The predicted octanol–water partition coefficient (Wildman–Crippen LogP) is 1.81. The first-order chi connectivity index (χ1) is 5.69. The largest absolute Gasteiger partial charge is 0.388 e. The van der Waals surface area contributed by atoms with E-state index in [9.17, 15) is 5.11 Å². The van der Waals surface area contributed by atoms with Crippen LogP contribution in [0, 0.1) is 0 Å². The van der Waals surface area contributed by atoms with Gasteiger partial charge in [0, 0.05) is 6.04 Å². The van der Waals surface area contributed by atoms with E-state index < -0.39 is 5.60 Å². The van der Waals surface area contributed by atoms with Gasteiger partial charge in [0.15, 0.2) is 0 Å². The van der Waals surface area contributed by atoms with Gasteiger partial charge >= 0.3 is 0 Å². The molecule has 0 saturated heterocycles. The normalized spacial score (nSPS) is 25.2. The highest BCUT2D eigenvalue weighted by Crippen LogP contribution is 2.31. The summed E-state index contributed by atoms with van der Waals surface area (Å²) < 4.78 is 0. The SMILES string of the molecule is CCCC(N)C1(O)CCCCC1. The fourth-order valence-corrected chi connectivity index (χ4v) is 2.11. The Morgan fingerprint density at radius 3 is 2.42 bits per heavy atom. The second-order valence-corrected chi connectivity index (χ2v) is 4.06. The fourth-order valence-electron chi connectivity index (χ4n) is 2.11. The molecule has 12 heavy (non-hydrogen) atoms. The van der Waals surface area contributed by atoms with Gasteiger partial charge in [0.1, 0.15) is 0 Å². The van der Waals surface area contributed by atoms with Gasteiger partial charge in [-0.1, -0.05) is 32.6 Å². The van der Waals surface area contributed by atoms with Crippen molar-refractivity contribution in [1.29, 1.82) is 0 Å². The average molecular weight is 171 g/mol. The van der Waals surface area contributed by atoms with Gasteiger partial charge in [-0.15, -0.1) is 0 Å². The summed E-state index contributed by atoms with van der Waals surface area (Å²) in [4.78, 5) is 0. The Balaban J connectivity index is 2.44. The Morgan fingerprint density at radius 2 is 1.92 bits per heavy atom. The van der Waals surface area contributed by atoms with Gasteiger partial charge in [-0.2, -0.15) is 0 Å². The van der Waals surface area contributed by atoms with E-state index in [1.54, 1.807) is 0 Å². The van der Waals surface area contributed by atoms with Crippen LogP contribution in [0.5, 0.6) is 0 Å². The Labute approximate surface area is 75.2 Å². The van der Waals surface area contributed by atoms with Crippen molar-refractivity contribution in [2.75, 3.05) is 0 Å². The molecule has 2 heteroatoms. The maximum absolute atomic E-state index is 10.1. The molecule has 0 radical (unpaired) electrons. The monoisotopic (exact) mass is 171 g/mol. The Bertz CT molecular complexity index is 130. The van der Waals surface area contributed by atoms with Crippen LogP contribution in [0.2, 0.25) is 0 Å². The summed E-state index contributed by atoms with van der Waals surface area (Å²) in [6, 6.07) is 0.00259. The molecule has 1 atom stereocenters. The quantitative estimate of drug-likeness (QED) is 0.680. The number of hydrogen-bond acceptors (Lipinski definition) is 2. The predicted molar refractivity (Wildman–Crippen MR) is 50.9 cm³/mol. The van der Waals surface area contributed by atoms with Crippen molar-refractivity contribution in [3.8, 4) is 0 Å². The van der Waals surface area contributed by atoms with E-state index >= 15 is 0 Å². The topological polar surface area (TPSA) is 46.2 Å². The number of hydrogen-bond donors (Lipinski definition) is 2. The molecule has 1 fully saturated rings. The van der Waals surface area contributed by atoms with Gasteiger partial charge in [-0.3, -0.25) is 0 Å². The molecule has 1 unspecified atom stereocenters. The maximum atomic E-state index is 10.1. The summed E-state index contributed by atoms with van der Waals surface area (Å²) in [7, 11) is 0. The van der Waals surface area contributed by atoms with Crippen molar-refractivity contribution in [3.05, 3.63) is 0 Å². The molecule has 1 aliphatic carbocycles. The lowest BCUT2D eigenvalue weighted by Crippen LogP contribution is -2.49. The van der Waals surface area contributed by atoms with Crippen LogP contribution in [0.4, 0.5) is 0 Å². The molecular formula is C10H21NO. The molecule has 1 saturated carbocycles. The molecule has 0 aromatic heterocycles.